The minimum atomic E-state index is -0.0746. The number of rotatable bonds is 3. The molecule has 2 heterocycles. The Hall–Kier alpha value is -2.64. The van der Waals surface area contributed by atoms with Gasteiger partial charge in [-0.05, 0) is 26.3 Å². The Labute approximate surface area is 115 Å². The van der Waals surface area contributed by atoms with E-state index in [1.165, 1.54) is 0 Å². The van der Waals surface area contributed by atoms with Gasteiger partial charge in [-0.3, -0.25) is 0 Å². The van der Waals surface area contributed by atoms with Gasteiger partial charge in [0.2, 0.25) is 5.88 Å². The number of aryl methyl sites for hydroxylation is 3. The molecule has 0 aliphatic heterocycles. The van der Waals surface area contributed by atoms with Crippen molar-refractivity contribution < 1.29 is 9.94 Å². The first-order valence-corrected chi connectivity index (χ1v) is 5.94. The lowest BCUT2D eigenvalue weighted by Gasteiger charge is -2.11. The van der Waals surface area contributed by atoms with E-state index in [9.17, 15) is 0 Å². The molecule has 0 aromatic carbocycles. The fraction of sp³-hybridized carbons (Fsp3) is 0.333. The van der Waals surface area contributed by atoms with Crippen LogP contribution in [0, 0.1) is 20.8 Å². The zero-order chi connectivity index (χ0) is 14.9. The Morgan fingerprint density at radius 2 is 2.05 bits per heavy atom. The second-order valence-corrected chi connectivity index (χ2v) is 4.43. The van der Waals surface area contributed by atoms with Gasteiger partial charge in [-0.15, -0.1) is 5.10 Å². The molecule has 0 atom stereocenters. The van der Waals surface area contributed by atoms with Crippen LogP contribution in [0.2, 0.25) is 0 Å². The van der Waals surface area contributed by atoms with Gasteiger partial charge in [0.15, 0.2) is 5.84 Å². The molecule has 8 heteroatoms. The van der Waals surface area contributed by atoms with Crippen LogP contribution in [0.15, 0.2) is 11.2 Å². The van der Waals surface area contributed by atoms with Gasteiger partial charge in [0.1, 0.15) is 0 Å². The van der Waals surface area contributed by atoms with Crippen LogP contribution in [0.1, 0.15) is 22.5 Å². The van der Waals surface area contributed by atoms with Crippen LogP contribution < -0.4 is 10.5 Å². The van der Waals surface area contributed by atoms with Gasteiger partial charge in [-0.2, -0.15) is 10.2 Å². The summed E-state index contributed by atoms with van der Waals surface area (Å²) in [6.07, 6.45) is 0. The highest BCUT2D eigenvalue weighted by Gasteiger charge is 2.18. The first kappa shape index (κ1) is 13.8. The summed E-state index contributed by atoms with van der Waals surface area (Å²) in [5, 5.41) is 24.0. The van der Waals surface area contributed by atoms with Crippen molar-refractivity contribution in [2.75, 3.05) is 0 Å². The van der Waals surface area contributed by atoms with E-state index in [4.69, 9.17) is 15.7 Å². The molecule has 0 bridgehead atoms. The van der Waals surface area contributed by atoms with E-state index in [-0.39, 0.29) is 11.7 Å². The quantitative estimate of drug-likeness (QED) is 0.375. The van der Waals surface area contributed by atoms with Crippen molar-refractivity contribution in [2.45, 2.75) is 20.8 Å². The van der Waals surface area contributed by atoms with Crippen LogP contribution in [0.4, 0.5) is 0 Å². The van der Waals surface area contributed by atoms with Crippen molar-refractivity contribution in [3.05, 3.63) is 28.6 Å². The number of aromatic nitrogens is 4. The first-order chi connectivity index (χ1) is 9.43. The molecule has 0 spiro atoms. The van der Waals surface area contributed by atoms with E-state index in [1.807, 2.05) is 6.92 Å². The molecular weight excluding hydrogens is 260 g/mol. The van der Waals surface area contributed by atoms with Crippen molar-refractivity contribution in [2.24, 2.45) is 17.9 Å². The molecule has 3 N–H and O–H groups in total. The Balaban J connectivity index is 2.52. The maximum absolute atomic E-state index is 8.89. The molecule has 2 rings (SSSR count). The van der Waals surface area contributed by atoms with Crippen LogP contribution in [0.25, 0.3) is 0 Å². The summed E-state index contributed by atoms with van der Waals surface area (Å²) in [5.74, 6) is 0.591. The largest absolute Gasteiger partial charge is 0.419 e. The standard InChI is InChI=1S/C12H16N6O2/c1-6-5-9(18(4)16-6)20-12-10(11(13)17-19)7(2)8(3)14-15-12/h5,19H,1-4H3,(H2,13,17). The van der Waals surface area contributed by atoms with E-state index < -0.39 is 0 Å². The van der Waals surface area contributed by atoms with Crippen LogP contribution in [-0.2, 0) is 7.05 Å². The topological polar surface area (TPSA) is 111 Å². The molecule has 0 saturated carbocycles. The summed E-state index contributed by atoms with van der Waals surface area (Å²) in [5.41, 5.74) is 8.34. The lowest BCUT2D eigenvalue weighted by molar-refractivity contribution is 0.318. The number of ether oxygens (including phenoxy) is 1. The number of nitrogens with two attached hydrogens (primary N) is 1. The molecule has 2 aromatic rings. The van der Waals surface area contributed by atoms with Crippen LogP contribution >= 0.6 is 0 Å². The van der Waals surface area contributed by atoms with Gasteiger partial charge in [0.05, 0.1) is 17.0 Å². The highest BCUT2D eigenvalue weighted by molar-refractivity contribution is 6.00. The summed E-state index contributed by atoms with van der Waals surface area (Å²) in [6.45, 7) is 5.44. The molecule has 2 aromatic heterocycles. The van der Waals surface area contributed by atoms with E-state index >= 15 is 0 Å². The van der Waals surface area contributed by atoms with Gasteiger partial charge >= 0.3 is 0 Å². The third-order valence-electron chi connectivity index (χ3n) is 2.95. The van der Waals surface area contributed by atoms with Gasteiger partial charge < -0.3 is 15.7 Å². The Morgan fingerprint density at radius 1 is 1.35 bits per heavy atom. The lowest BCUT2D eigenvalue weighted by atomic mass is 10.1. The van der Waals surface area contributed by atoms with Crippen LogP contribution in [-0.4, -0.2) is 31.0 Å². The number of nitrogens with zero attached hydrogens (tertiary/aromatic N) is 5. The summed E-state index contributed by atoms with van der Waals surface area (Å²) in [7, 11) is 1.75. The molecule has 20 heavy (non-hydrogen) atoms. The predicted molar refractivity (Wildman–Crippen MR) is 72.0 cm³/mol. The highest BCUT2D eigenvalue weighted by atomic mass is 16.5. The van der Waals surface area contributed by atoms with E-state index in [1.54, 1.807) is 31.6 Å². The van der Waals surface area contributed by atoms with E-state index in [0.29, 0.717) is 17.1 Å². The first-order valence-electron chi connectivity index (χ1n) is 5.94. The molecule has 0 amide bonds. The van der Waals surface area contributed by atoms with Crippen molar-refractivity contribution in [1.82, 2.24) is 20.0 Å². The lowest BCUT2D eigenvalue weighted by Crippen LogP contribution is -2.18. The van der Waals surface area contributed by atoms with Gasteiger partial charge in [0.25, 0.3) is 5.88 Å². The Bertz CT molecular complexity index is 677. The zero-order valence-corrected chi connectivity index (χ0v) is 11.7. The van der Waals surface area contributed by atoms with Gasteiger partial charge in [-0.25, -0.2) is 4.68 Å². The maximum atomic E-state index is 8.89. The van der Waals surface area contributed by atoms with Gasteiger partial charge in [0, 0.05) is 13.1 Å². The summed E-state index contributed by atoms with van der Waals surface area (Å²) in [4.78, 5) is 0. The number of amidine groups is 1. The maximum Gasteiger partial charge on any atom is 0.252 e. The zero-order valence-electron chi connectivity index (χ0n) is 11.7. The van der Waals surface area contributed by atoms with Crippen molar-refractivity contribution in [3.8, 4) is 11.8 Å². The molecule has 8 nitrogen and oxygen atoms in total. The summed E-state index contributed by atoms with van der Waals surface area (Å²) in [6, 6.07) is 1.76. The second-order valence-electron chi connectivity index (χ2n) is 4.43. The second kappa shape index (κ2) is 5.16. The molecule has 0 aliphatic carbocycles. The Morgan fingerprint density at radius 3 is 2.60 bits per heavy atom. The molecule has 0 radical (unpaired) electrons. The number of oxime groups is 1. The van der Waals surface area contributed by atoms with Crippen molar-refractivity contribution >= 4 is 5.84 Å². The molecule has 106 valence electrons. The summed E-state index contributed by atoms with van der Waals surface area (Å²) >= 11 is 0. The molecule has 0 saturated heterocycles. The molecule has 0 aliphatic rings. The third-order valence-corrected chi connectivity index (χ3v) is 2.95. The summed E-state index contributed by atoms with van der Waals surface area (Å²) < 4.78 is 7.25. The average Bonchev–Trinajstić information content (AvgIpc) is 2.72. The fourth-order valence-corrected chi connectivity index (χ4v) is 1.79. The average molecular weight is 276 g/mol. The SMILES string of the molecule is Cc1cc(Oc2nnc(C)c(C)c2/C(N)=N/O)n(C)n1. The molecule has 0 unspecified atom stereocenters. The number of hydrogen-bond acceptors (Lipinski definition) is 6. The van der Waals surface area contributed by atoms with Crippen molar-refractivity contribution in [3.63, 3.8) is 0 Å². The third kappa shape index (κ3) is 2.40. The van der Waals surface area contributed by atoms with Crippen molar-refractivity contribution in [1.29, 1.82) is 0 Å². The fourth-order valence-electron chi connectivity index (χ4n) is 1.79. The van der Waals surface area contributed by atoms with Crippen LogP contribution in [0.5, 0.6) is 11.8 Å². The Kier molecular flexibility index (Phi) is 3.55. The molecule has 0 fully saturated rings. The monoisotopic (exact) mass is 276 g/mol. The van der Waals surface area contributed by atoms with E-state index in [0.717, 1.165) is 11.3 Å². The normalized spacial score (nSPS) is 11.7. The number of hydrogen-bond donors (Lipinski definition) is 2. The smallest absolute Gasteiger partial charge is 0.252 e. The van der Waals surface area contributed by atoms with Crippen LogP contribution in [0.3, 0.4) is 0 Å². The van der Waals surface area contributed by atoms with E-state index in [2.05, 4.69) is 20.5 Å². The predicted octanol–water partition coefficient (Wildman–Crippen LogP) is 1.02. The molecular formula is C12H16N6O2. The van der Waals surface area contributed by atoms with Gasteiger partial charge in [-0.1, -0.05) is 5.16 Å². The minimum absolute atomic E-state index is 0.0746. The minimum Gasteiger partial charge on any atom is -0.419 e. The highest BCUT2D eigenvalue weighted by Crippen LogP contribution is 2.25.